The van der Waals surface area contributed by atoms with Gasteiger partial charge in [-0.25, -0.2) is 14.2 Å². The molecule has 0 saturated heterocycles. The highest BCUT2D eigenvalue weighted by molar-refractivity contribution is 5.96. The van der Waals surface area contributed by atoms with Crippen LogP contribution in [0.3, 0.4) is 0 Å². The number of benzene rings is 2. The third-order valence-electron chi connectivity index (χ3n) is 6.37. The maximum atomic E-state index is 13.6. The van der Waals surface area contributed by atoms with E-state index in [9.17, 15) is 19.5 Å². The maximum absolute atomic E-state index is 13.6. The van der Waals surface area contributed by atoms with Crippen molar-refractivity contribution in [3.8, 4) is 11.1 Å². The van der Waals surface area contributed by atoms with Gasteiger partial charge in [0.25, 0.3) is 0 Å². The smallest absolute Gasteiger partial charge is 0.336 e. The van der Waals surface area contributed by atoms with Crippen molar-refractivity contribution in [2.45, 2.75) is 59.3 Å². The van der Waals surface area contributed by atoms with Gasteiger partial charge in [-0.15, -0.1) is 0 Å². The highest BCUT2D eigenvalue weighted by Crippen LogP contribution is 2.27. The average molecular weight is 509 g/mol. The molecule has 1 N–H and O–H groups in total. The van der Waals surface area contributed by atoms with Crippen LogP contribution >= 0.6 is 0 Å². The molecule has 0 fully saturated rings. The van der Waals surface area contributed by atoms with Crippen LogP contribution in [0, 0.1) is 5.92 Å². The van der Waals surface area contributed by atoms with E-state index < -0.39 is 17.9 Å². The third kappa shape index (κ3) is 6.26. The maximum Gasteiger partial charge on any atom is 0.336 e. The number of hydrogen-bond acceptors (Lipinski definition) is 5. The second-order valence-corrected chi connectivity index (χ2v) is 9.46. The van der Waals surface area contributed by atoms with E-state index >= 15 is 0 Å². The first kappa shape index (κ1) is 28.1. The number of rotatable bonds is 12. The Kier molecular flexibility index (Phi) is 9.60. The zero-order valence-corrected chi connectivity index (χ0v) is 22.2. The second kappa shape index (κ2) is 12.7. The van der Waals surface area contributed by atoms with Crippen molar-refractivity contribution in [1.29, 1.82) is 0 Å². The Morgan fingerprint density at radius 2 is 1.65 bits per heavy atom. The molecule has 0 bridgehead atoms. The number of aromatic carboxylic acids is 1. The van der Waals surface area contributed by atoms with Gasteiger partial charge in [0.05, 0.1) is 12.1 Å². The predicted octanol–water partition coefficient (Wildman–Crippen LogP) is 5.38. The summed E-state index contributed by atoms with van der Waals surface area (Å²) in [4.78, 5) is 38.3. The zero-order chi connectivity index (χ0) is 27.1. The molecular formula is C29H36N2O6. The summed E-state index contributed by atoms with van der Waals surface area (Å²) in [6, 6.07) is 14.3. The molecule has 0 aliphatic heterocycles. The molecule has 2 aromatic carbocycles. The van der Waals surface area contributed by atoms with Crippen LogP contribution in [0.2, 0.25) is 0 Å². The van der Waals surface area contributed by atoms with Crippen LogP contribution in [0.4, 0.5) is 0 Å². The molecule has 3 rings (SSSR count). The zero-order valence-electron chi connectivity index (χ0n) is 22.2. The van der Waals surface area contributed by atoms with Crippen LogP contribution in [0.25, 0.3) is 11.1 Å². The van der Waals surface area contributed by atoms with E-state index in [4.69, 9.17) is 9.47 Å². The molecule has 0 unspecified atom stereocenters. The Balaban J connectivity index is 2.09. The Hall–Kier alpha value is -3.49. The molecule has 0 radical (unpaired) electrons. The van der Waals surface area contributed by atoms with Gasteiger partial charge in [-0.1, -0.05) is 63.2 Å². The topological polar surface area (TPSA) is 99.8 Å². The van der Waals surface area contributed by atoms with Gasteiger partial charge < -0.3 is 14.6 Å². The Labute approximate surface area is 217 Å². The number of aromatic nitrogens is 2. The summed E-state index contributed by atoms with van der Waals surface area (Å²) in [5.74, 6) is -0.882. The van der Waals surface area contributed by atoms with Gasteiger partial charge in [-0.3, -0.25) is 9.36 Å². The first-order chi connectivity index (χ1) is 17.7. The molecule has 0 spiro atoms. The number of nitrogens with zero attached hydrogens (tertiary/aromatic N) is 2. The predicted molar refractivity (Wildman–Crippen MR) is 142 cm³/mol. The van der Waals surface area contributed by atoms with Crippen molar-refractivity contribution in [1.82, 2.24) is 9.13 Å². The van der Waals surface area contributed by atoms with E-state index in [-0.39, 0.29) is 24.4 Å². The normalized spacial score (nSPS) is 11.4. The molecule has 0 saturated carbocycles. The van der Waals surface area contributed by atoms with Gasteiger partial charge in [-0.05, 0) is 47.9 Å². The number of carbonyl (C=O) groups is 2. The monoisotopic (exact) mass is 508 g/mol. The molecule has 0 amide bonds. The van der Waals surface area contributed by atoms with Crippen LogP contribution in [0.15, 0.2) is 53.3 Å². The van der Waals surface area contributed by atoms with Gasteiger partial charge in [0.2, 0.25) is 12.2 Å². The van der Waals surface area contributed by atoms with E-state index in [0.717, 1.165) is 23.2 Å². The molecule has 8 nitrogen and oxygen atoms in total. The number of ether oxygens (including phenoxy) is 2. The lowest BCUT2D eigenvalue weighted by molar-refractivity contribution is -0.110. The SMILES string of the molecule is CCCC(=O)n1c(C(OC)OC)c(CCC(C)C)n(Cc2ccc(-c3ccccc3C(=O)O)cc2)c1=O. The first-order valence-electron chi connectivity index (χ1n) is 12.6. The highest BCUT2D eigenvalue weighted by Gasteiger charge is 2.29. The van der Waals surface area contributed by atoms with E-state index in [1.54, 1.807) is 28.8 Å². The fraction of sp³-hybridized carbons (Fsp3) is 0.414. The molecule has 0 aliphatic carbocycles. The summed E-state index contributed by atoms with van der Waals surface area (Å²) < 4.78 is 13.9. The molecule has 0 aliphatic rings. The number of carbonyl (C=O) groups excluding carboxylic acids is 1. The van der Waals surface area contributed by atoms with Crippen molar-refractivity contribution >= 4 is 11.9 Å². The number of methoxy groups -OCH3 is 2. The molecule has 37 heavy (non-hydrogen) atoms. The summed E-state index contributed by atoms with van der Waals surface area (Å²) in [7, 11) is 2.98. The van der Waals surface area contributed by atoms with Crippen molar-refractivity contribution in [2.24, 2.45) is 5.92 Å². The molecule has 1 heterocycles. The lowest BCUT2D eigenvalue weighted by Gasteiger charge is -2.18. The minimum atomic E-state index is -0.988. The van der Waals surface area contributed by atoms with E-state index in [1.807, 2.05) is 31.2 Å². The summed E-state index contributed by atoms with van der Waals surface area (Å²) in [5.41, 5.74) is 3.22. The van der Waals surface area contributed by atoms with Crippen molar-refractivity contribution in [3.05, 3.63) is 81.5 Å². The van der Waals surface area contributed by atoms with Crippen LogP contribution in [-0.2, 0) is 22.4 Å². The number of carboxylic acid groups (broad SMARTS) is 1. The molecule has 198 valence electrons. The van der Waals surface area contributed by atoms with E-state index in [0.29, 0.717) is 30.0 Å². The average Bonchev–Trinajstić information content (AvgIpc) is 3.15. The number of imidazole rings is 1. The van der Waals surface area contributed by atoms with Gasteiger partial charge >= 0.3 is 11.7 Å². The summed E-state index contributed by atoms with van der Waals surface area (Å²) >= 11 is 0. The molecule has 3 aromatic rings. The lowest BCUT2D eigenvalue weighted by Crippen LogP contribution is -2.31. The van der Waals surface area contributed by atoms with Gasteiger partial charge in [0, 0.05) is 26.3 Å². The third-order valence-corrected chi connectivity index (χ3v) is 6.37. The van der Waals surface area contributed by atoms with Gasteiger partial charge in [0.15, 0.2) is 0 Å². The molecule has 1 aromatic heterocycles. The van der Waals surface area contributed by atoms with E-state index in [2.05, 4.69) is 13.8 Å². The summed E-state index contributed by atoms with van der Waals surface area (Å²) in [5, 5.41) is 9.54. The first-order valence-corrected chi connectivity index (χ1v) is 12.6. The minimum absolute atomic E-state index is 0.226. The Morgan fingerprint density at radius 3 is 2.22 bits per heavy atom. The molecule has 0 atom stereocenters. The fourth-order valence-electron chi connectivity index (χ4n) is 4.48. The van der Waals surface area contributed by atoms with Crippen molar-refractivity contribution in [2.75, 3.05) is 14.2 Å². The van der Waals surface area contributed by atoms with Crippen LogP contribution in [-0.4, -0.2) is 40.3 Å². The summed E-state index contributed by atoms with van der Waals surface area (Å²) in [6.07, 6.45) is 1.40. The Morgan fingerprint density at radius 1 is 1.00 bits per heavy atom. The van der Waals surface area contributed by atoms with Gasteiger partial charge in [-0.2, -0.15) is 0 Å². The van der Waals surface area contributed by atoms with Crippen LogP contribution < -0.4 is 5.69 Å². The van der Waals surface area contributed by atoms with Crippen molar-refractivity contribution < 1.29 is 24.2 Å². The van der Waals surface area contributed by atoms with E-state index in [1.165, 1.54) is 18.8 Å². The van der Waals surface area contributed by atoms with Crippen molar-refractivity contribution in [3.63, 3.8) is 0 Å². The largest absolute Gasteiger partial charge is 0.478 e. The second-order valence-electron chi connectivity index (χ2n) is 9.46. The Bertz CT molecular complexity index is 1280. The van der Waals surface area contributed by atoms with Crippen LogP contribution in [0.1, 0.15) is 78.4 Å². The lowest BCUT2D eigenvalue weighted by atomic mass is 9.98. The highest BCUT2D eigenvalue weighted by atomic mass is 16.7. The number of carboxylic acids is 1. The number of hydrogen-bond donors (Lipinski definition) is 1. The molecular weight excluding hydrogens is 472 g/mol. The molecule has 8 heteroatoms. The van der Waals surface area contributed by atoms with Crippen LogP contribution in [0.5, 0.6) is 0 Å². The van der Waals surface area contributed by atoms with Gasteiger partial charge in [0.1, 0.15) is 5.69 Å². The standard InChI is InChI=1S/C29H36N2O6/c1-6-9-25(32)31-26(28(36-4)37-5)24(17-12-19(2)3)30(29(31)35)18-20-13-15-21(16-14-20)22-10-7-8-11-23(22)27(33)34/h7-8,10-11,13-16,19,28H,6,9,12,17-18H2,1-5H3,(H,33,34). The minimum Gasteiger partial charge on any atom is -0.478 e. The quantitative estimate of drug-likeness (QED) is 0.330. The summed E-state index contributed by atoms with van der Waals surface area (Å²) in [6.45, 7) is 6.37. The fourth-order valence-corrected chi connectivity index (χ4v) is 4.48.